The first-order valence-electron chi connectivity index (χ1n) is 8.56. The predicted molar refractivity (Wildman–Crippen MR) is 91.6 cm³/mol. The van der Waals surface area contributed by atoms with E-state index in [2.05, 4.69) is 22.3 Å². The lowest BCUT2D eigenvalue weighted by molar-refractivity contribution is -0.122. The maximum absolute atomic E-state index is 11.9. The van der Waals surface area contributed by atoms with Gasteiger partial charge in [0.25, 0.3) is 0 Å². The molecule has 0 radical (unpaired) electrons. The predicted octanol–water partition coefficient (Wildman–Crippen LogP) is 2.17. The van der Waals surface area contributed by atoms with Gasteiger partial charge in [0.2, 0.25) is 11.8 Å². The minimum absolute atomic E-state index is 0.000376. The molecule has 1 aromatic rings. The van der Waals surface area contributed by atoms with Crippen molar-refractivity contribution in [2.24, 2.45) is 5.92 Å². The Morgan fingerprint density at radius 1 is 1.17 bits per heavy atom. The minimum Gasteiger partial charge on any atom is -0.372 e. The Hall–Kier alpha value is -2.04. The minimum atomic E-state index is -0.000376. The molecule has 1 aliphatic carbocycles. The monoisotopic (exact) mass is 315 g/mol. The van der Waals surface area contributed by atoms with Crippen LogP contribution in [0.1, 0.15) is 32.6 Å². The number of hydrogen-bond donors (Lipinski definition) is 1. The third-order valence-electron chi connectivity index (χ3n) is 4.60. The topological polar surface area (TPSA) is 52.7 Å². The van der Waals surface area contributed by atoms with E-state index < -0.39 is 0 Å². The molecular formula is C18H25N3O2. The van der Waals surface area contributed by atoms with Crippen molar-refractivity contribution in [1.29, 1.82) is 0 Å². The van der Waals surface area contributed by atoms with Crippen molar-refractivity contribution in [3.8, 4) is 0 Å². The lowest BCUT2D eigenvalue weighted by Crippen LogP contribution is -2.38. The van der Waals surface area contributed by atoms with Crippen LogP contribution in [0.15, 0.2) is 24.3 Å². The summed E-state index contributed by atoms with van der Waals surface area (Å²) in [7, 11) is 0. The Balaban J connectivity index is 1.58. The first-order valence-corrected chi connectivity index (χ1v) is 8.56. The van der Waals surface area contributed by atoms with Crippen molar-refractivity contribution in [2.45, 2.75) is 32.6 Å². The van der Waals surface area contributed by atoms with Gasteiger partial charge in [0.15, 0.2) is 0 Å². The first kappa shape index (κ1) is 15.8. The quantitative estimate of drug-likeness (QED) is 0.875. The van der Waals surface area contributed by atoms with Gasteiger partial charge in [-0.2, -0.15) is 0 Å². The van der Waals surface area contributed by atoms with E-state index in [-0.39, 0.29) is 17.7 Å². The van der Waals surface area contributed by atoms with Crippen LogP contribution in [-0.4, -0.2) is 38.0 Å². The van der Waals surface area contributed by atoms with E-state index in [0.717, 1.165) is 31.6 Å². The largest absolute Gasteiger partial charge is 0.372 e. The number of rotatable bonds is 6. The second-order valence-corrected chi connectivity index (χ2v) is 6.45. The Labute approximate surface area is 137 Å². The second-order valence-electron chi connectivity index (χ2n) is 6.45. The summed E-state index contributed by atoms with van der Waals surface area (Å²) in [4.78, 5) is 27.7. The summed E-state index contributed by atoms with van der Waals surface area (Å²) in [6.07, 6.45) is 4.50. The molecule has 0 aromatic heterocycles. The van der Waals surface area contributed by atoms with Gasteiger partial charge >= 0.3 is 0 Å². The van der Waals surface area contributed by atoms with Crippen LogP contribution in [0.5, 0.6) is 0 Å². The normalized spacial score (nSPS) is 17.2. The average Bonchev–Trinajstić information content (AvgIpc) is 3.26. The zero-order chi connectivity index (χ0) is 16.2. The Morgan fingerprint density at radius 3 is 2.39 bits per heavy atom. The molecule has 5 nitrogen and oxygen atoms in total. The fourth-order valence-corrected chi connectivity index (χ4v) is 3.07. The summed E-state index contributed by atoms with van der Waals surface area (Å²) in [5, 5.41) is 2.91. The average molecular weight is 315 g/mol. The van der Waals surface area contributed by atoms with E-state index in [9.17, 15) is 9.59 Å². The van der Waals surface area contributed by atoms with Crippen LogP contribution >= 0.6 is 0 Å². The van der Waals surface area contributed by atoms with E-state index >= 15 is 0 Å². The van der Waals surface area contributed by atoms with Crippen molar-refractivity contribution in [3.05, 3.63) is 24.3 Å². The highest BCUT2D eigenvalue weighted by molar-refractivity contribution is 5.91. The van der Waals surface area contributed by atoms with Gasteiger partial charge in [-0.15, -0.1) is 0 Å². The number of nitrogens with one attached hydrogen (secondary N) is 1. The molecule has 2 amide bonds. The molecule has 3 rings (SSSR count). The number of carbonyl (C=O) groups is 2. The molecule has 23 heavy (non-hydrogen) atoms. The molecule has 5 heteroatoms. The maximum Gasteiger partial charge on any atom is 0.223 e. The summed E-state index contributed by atoms with van der Waals surface area (Å²) in [5.74, 6) is 0.331. The first-order chi connectivity index (χ1) is 11.1. The standard InChI is InChI=1S/C18H25N3O2/c1-14(22)21(13-10-19-18(23)15-4-5-15)17-8-6-16(7-9-17)20-11-2-3-12-20/h6-9,15H,2-5,10-13H2,1H3,(H,19,23). The molecule has 1 aliphatic heterocycles. The molecule has 1 saturated heterocycles. The molecule has 1 heterocycles. The molecule has 1 saturated carbocycles. The Bertz CT molecular complexity index is 560. The number of carbonyl (C=O) groups excluding carboxylic acids is 2. The third kappa shape index (κ3) is 4.03. The highest BCUT2D eigenvalue weighted by Gasteiger charge is 2.29. The fraction of sp³-hybridized carbons (Fsp3) is 0.556. The highest BCUT2D eigenvalue weighted by Crippen LogP contribution is 2.28. The van der Waals surface area contributed by atoms with Gasteiger partial charge < -0.3 is 15.1 Å². The lowest BCUT2D eigenvalue weighted by Gasteiger charge is -2.23. The SMILES string of the molecule is CC(=O)N(CCNC(=O)C1CC1)c1ccc(N2CCCC2)cc1. The van der Waals surface area contributed by atoms with Crippen molar-refractivity contribution in [2.75, 3.05) is 36.0 Å². The molecule has 1 N–H and O–H groups in total. The molecule has 0 spiro atoms. The molecule has 2 fully saturated rings. The van der Waals surface area contributed by atoms with Crippen molar-refractivity contribution < 1.29 is 9.59 Å². The van der Waals surface area contributed by atoms with Crippen molar-refractivity contribution in [1.82, 2.24) is 5.32 Å². The highest BCUT2D eigenvalue weighted by atomic mass is 16.2. The number of benzene rings is 1. The van der Waals surface area contributed by atoms with Gasteiger partial charge in [-0.05, 0) is 49.9 Å². The molecule has 0 unspecified atom stereocenters. The van der Waals surface area contributed by atoms with Gasteiger partial charge in [0.1, 0.15) is 0 Å². The molecular weight excluding hydrogens is 290 g/mol. The maximum atomic E-state index is 11.9. The van der Waals surface area contributed by atoms with Gasteiger partial charge in [-0.25, -0.2) is 0 Å². The van der Waals surface area contributed by atoms with Gasteiger partial charge in [0.05, 0.1) is 0 Å². The van der Waals surface area contributed by atoms with Crippen LogP contribution < -0.4 is 15.1 Å². The van der Waals surface area contributed by atoms with Crippen LogP contribution in [0, 0.1) is 5.92 Å². The number of anilines is 2. The van der Waals surface area contributed by atoms with Crippen LogP contribution in [0.3, 0.4) is 0 Å². The number of nitrogens with zero attached hydrogens (tertiary/aromatic N) is 2. The Kier molecular flexibility index (Phi) is 4.84. The van der Waals surface area contributed by atoms with E-state index in [1.807, 2.05) is 12.1 Å². The third-order valence-corrected chi connectivity index (χ3v) is 4.60. The summed E-state index contributed by atoms with van der Waals surface area (Å²) < 4.78 is 0. The van der Waals surface area contributed by atoms with E-state index in [0.29, 0.717) is 13.1 Å². The molecule has 0 bridgehead atoms. The summed E-state index contributed by atoms with van der Waals surface area (Å²) in [5.41, 5.74) is 2.11. The molecule has 124 valence electrons. The molecule has 2 aliphatic rings. The van der Waals surface area contributed by atoms with Crippen molar-refractivity contribution >= 4 is 23.2 Å². The van der Waals surface area contributed by atoms with E-state index in [1.165, 1.54) is 18.5 Å². The second kappa shape index (κ2) is 7.02. The molecule has 1 aromatic carbocycles. The summed E-state index contributed by atoms with van der Waals surface area (Å²) >= 11 is 0. The zero-order valence-electron chi connectivity index (χ0n) is 13.8. The van der Waals surface area contributed by atoms with E-state index in [1.54, 1.807) is 11.8 Å². The van der Waals surface area contributed by atoms with Gasteiger partial charge in [-0.1, -0.05) is 0 Å². The smallest absolute Gasteiger partial charge is 0.223 e. The number of hydrogen-bond acceptors (Lipinski definition) is 3. The zero-order valence-corrected chi connectivity index (χ0v) is 13.8. The van der Waals surface area contributed by atoms with Crippen molar-refractivity contribution in [3.63, 3.8) is 0 Å². The lowest BCUT2D eigenvalue weighted by atomic mass is 10.2. The fourth-order valence-electron chi connectivity index (χ4n) is 3.07. The van der Waals surface area contributed by atoms with Gasteiger partial charge in [0, 0.05) is 50.4 Å². The van der Waals surface area contributed by atoms with Gasteiger partial charge in [-0.3, -0.25) is 9.59 Å². The van der Waals surface area contributed by atoms with Crippen LogP contribution in [0.2, 0.25) is 0 Å². The van der Waals surface area contributed by atoms with Crippen LogP contribution in [0.4, 0.5) is 11.4 Å². The van der Waals surface area contributed by atoms with E-state index in [4.69, 9.17) is 0 Å². The molecule has 0 atom stereocenters. The number of amides is 2. The van der Waals surface area contributed by atoms with Crippen LogP contribution in [0.25, 0.3) is 0 Å². The Morgan fingerprint density at radius 2 is 1.83 bits per heavy atom. The summed E-state index contributed by atoms with van der Waals surface area (Å²) in [6, 6.07) is 8.16. The van der Waals surface area contributed by atoms with Crippen LogP contribution in [-0.2, 0) is 9.59 Å². The summed E-state index contributed by atoms with van der Waals surface area (Å²) in [6.45, 7) is 4.81.